The molecular formula is C20H28IN3O4. The normalized spacial score (nSPS) is 10.5. The van der Waals surface area contributed by atoms with Crippen LogP contribution in [0.15, 0.2) is 41.4 Å². The van der Waals surface area contributed by atoms with Crippen LogP contribution in [0.3, 0.4) is 0 Å². The van der Waals surface area contributed by atoms with Crippen LogP contribution >= 0.6 is 24.0 Å². The Kier molecular flexibility index (Phi) is 10.3. The molecule has 0 heterocycles. The number of hydrogen-bond donors (Lipinski definition) is 2. The van der Waals surface area contributed by atoms with E-state index in [-0.39, 0.29) is 24.0 Å². The fourth-order valence-corrected chi connectivity index (χ4v) is 2.51. The second-order valence-electron chi connectivity index (χ2n) is 5.54. The topological polar surface area (TPSA) is 73.3 Å². The number of hydrogen-bond acceptors (Lipinski definition) is 5. The lowest BCUT2D eigenvalue weighted by molar-refractivity contribution is 0.311. The molecule has 0 aliphatic heterocycles. The Morgan fingerprint density at radius 3 is 2.14 bits per heavy atom. The molecular weight excluding hydrogens is 473 g/mol. The Balaban J connectivity index is 0.00000392. The molecule has 0 fully saturated rings. The van der Waals surface area contributed by atoms with E-state index in [4.69, 9.17) is 18.9 Å². The van der Waals surface area contributed by atoms with Crippen molar-refractivity contribution in [2.24, 2.45) is 4.99 Å². The lowest BCUT2D eigenvalue weighted by Crippen LogP contribution is -2.30. The van der Waals surface area contributed by atoms with E-state index in [2.05, 4.69) is 15.6 Å². The summed E-state index contributed by atoms with van der Waals surface area (Å²) in [5.74, 6) is 3.40. The number of methoxy groups -OCH3 is 3. The number of nitrogens with zero attached hydrogens (tertiary/aromatic N) is 1. The first-order valence-corrected chi connectivity index (χ1v) is 8.64. The molecule has 8 heteroatoms. The largest absolute Gasteiger partial charge is 0.493 e. The summed E-state index contributed by atoms with van der Waals surface area (Å²) in [6, 6.07) is 11.4. The predicted octanol–water partition coefficient (Wildman–Crippen LogP) is 3.92. The molecule has 0 atom stereocenters. The van der Waals surface area contributed by atoms with Crippen LogP contribution in [0, 0.1) is 0 Å². The first kappa shape index (κ1) is 23.7. The highest BCUT2D eigenvalue weighted by Gasteiger charge is 2.08. The van der Waals surface area contributed by atoms with Crippen LogP contribution in [-0.4, -0.2) is 40.9 Å². The number of ether oxygens (including phenoxy) is 4. The number of benzene rings is 2. The Morgan fingerprint density at radius 2 is 1.54 bits per heavy atom. The highest BCUT2D eigenvalue weighted by Crippen LogP contribution is 2.30. The molecule has 0 unspecified atom stereocenters. The fraction of sp³-hybridized carbons (Fsp3) is 0.350. The molecule has 0 spiro atoms. The quantitative estimate of drug-likeness (QED) is 0.325. The molecule has 0 aromatic heterocycles. The van der Waals surface area contributed by atoms with Gasteiger partial charge in [0, 0.05) is 25.3 Å². The molecule has 7 nitrogen and oxygen atoms in total. The van der Waals surface area contributed by atoms with Crippen molar-refractivity contribution in [3.8, 4) is 23.0 Å². The van der Waals surface area contributed by atoms with Crippen molar-refractivity contribution in [2.75, 3.05) is 40.3 Å². The van der Waals surface area contributed by atoms with Crippen molar-refractivity contribution in [3.63, 3.8) is 0 Å². The summed E-state index contributed by atoms with van der Waals surface area (Å²) in [5, 5.41) is 6.51. The third kappa shape index (κ3) is 6.36. The van der Waals surface area contributed by atoms with Crippen LogP contribution in [0.4, 0.5) is 5.69 Å². The maximum Gasteiger partial charge on any atom is 0.195 e. The number of anilines is 1. The molecule has 0 bridgehead atoms. The van der Waals surface area contributed by atoms with Crippen molar-refractivity contribution < 1.29 is 18.9 Å². The van der Waals surface area contributed by atoms with Crippen LogP contribution in [-0.2, 0) is 6.54 Å². The van der Waals surface area contributed by atoms with Gasteiger partial charge in [0.1, 0.15) is 0 Å². The molecule has 0 amide bonds. The van der Waals surface area contributed by atoms with Crippen LogP contribution in [0.25, 0.3) is 0 Å². The third-order valence-corrected chi connectivity index (χ3v) is 3.86. The van der Waals surface area contributed by atoms with Gasteiger partial charge in [0.2, 0.25) is 0 Å². The summed E-state index contributed by atoms with van der Waals surface area (Å²) in [7, 11) is 6.57. The zero-order valence-corrected chi connectivity index (χ0v) is 19.2. The molecule has 0 saturated heterocycles. The molecule has 2 aromatic rings. The van der Waals surface area contributed by atoms with E-state index in [0.717, 1.165) is 11.3 Å². The molecule has 0 radical (unpaired) electrons. The van der Waals surface area contributed by atoms with Crippen LogP contribution in [0.2, 0.25) is 0 Å². The minimum Gasteiger partial charge on any atom is -0.493 e. The molecule has 0 aliphatic rings. The Bertz CT molecular complexity index is 784. The minimum atomic E-state index is 0. The average molecular weight is 501 g/mol. The van der Waals surface area contributed by atoms with Gasteiger partial charge in [0.25, 0.3) is 0 Å². The highest BCUT2D eigenvalue weighted by molar-refractivity contribution is 14.0. The maximum absolute atomic E-state index is 5.54. The Hall–Kier alpha value is -2.36. The van der Waals surface area contributed by atoms with Crippen molar-refractivity contribution in [1.82, 2.24) is 5.32 Å². The van der Waals surface area contributed by atoms with Gasteiger partial charge in [0.15, 0.2) is 29.0 Å². The zero-order valence-electron chi connectivity index (χ0n) is 16.9. The van der Waals surface area contributed by atoms with Gasteiger partial charge < -0.3 is 29.6 Å². The molecule has 2 N–H and O–H groups in total. The summed E-state index contributed by atoms with van der Waals surface area (Å²) in [5.41, 5.74) is 1.88. The monoisotopic (exact) mass is 501 g/mol. The van der Waals surface area contributed by atoms with Crippen molar-refractivity contribution in [1.29, 1.82) is 0 Å². The molecule has 154 valence electrons. The van der Waals surface area contributed by atoms with E-state index in [1.807, 2.05) is 43.3 Å². The van der Waals surface area contributed by atoms with Crippen molar-refractivity contribution in [3.05, 3.63) is 42.0 Å². The number of rotatable bonds is 8. The summed E-state index contributed by atoms with van der Waals surface area (Å²) in [6.07, 6.45) is 0. The predicted molar refractivity (Wildman–Crippen MR) is 123 cm³/mol. The first-order valence-electron chi connectivity index (χ1n) is 8.64. The van der Waals surface area contributed by atoms with Gasteiger partial charge >= 0.3 is 0 Å². The molecule has 2 rings (SSSR count). The average Bonchev–Trinajstić information content (AvgIpc) is 2.71. The van der Waals surface area contributed by atoms with E-state index >= 15 is 0 Å². The van der Waals surface area contributed by atoms with E-state index in [9.17, 15) is 0 Å². The summed E-state index contributed by atoms with van der Waals surface area (Å²) >= 11 is 0. The smallest absolute Gasteiger partial charge is 0.195 e. The van der Waals surface area contributed by atoms with Crippen molar-refractivity contribution in [2.45, 2.75) is 13.5 Å². The lowest BCUT2D eigenvalue weighted by atomic mass is 10.2. The number of guanidine groups is 1. The van der Waals surface area contributed by atoms with Gasteiger partial charge in [-0.15, -0.1) is 24.0 Å². The SMILES string of the molecule is CCOc1ccc(NC(=NC)NCc2ccc(OC)c(OC)c2)cc1OC.I. The Labute approximate surface area is 183 Å². The first-order chi connectivity index (χ1) is 13.1. The van der Waals surface area contributed by atoms with Crippen molar-refractivity contribution >= 4 is 35.6 Å². The molecule has 0 aliphatic carbocycles. The van der Waals surface area contributed by atoms with Gasteiger partial charge in [-0.05, 0) is 36.8 Å². The summed E-state index contributed by atoms with van der Waals surface area (Å²) < 4.78 is 21.5. The molecule has 0 saturated carbocycles. The van der Waals surface area contributed by atoms with Crippen LogP contribution < -0.4 is 29.6 Å². The fourth-order valence-electron chi connectivity index (χ4n) is 2.51. The highest BCUT2D eigenvalue weighted by atomic mass is 127. The number of aliphatic imine (C=N–C) groups is 1. The van der Waals surface area contributed by atoms with Gasteiger partial charge in [-0.2, -0.15) is 0 Å². The van der Waals surface area contributed by atoms with Crippen LogP contribution in [0.1, 0.15) is 12.5 Å². The van der Waals surface area contributed by atoms with Gasteiger partial charge in [-0.3, -0.25) is 4.99 Å². The number of nitrogens with one attached hydrogen (secondary N) is 2. The van der Waals surface area contributed by atoms with E-state index in [0.29, 0.717) is 42.1 Å². The maximum atomic E-state index is 5.54. The minimum absolute atomic E-state index is 0. The van der Waals surface area contributed by atoms with Gasteiger partial charge in [0.05, 0.1) is 27.9 Å². The Morgan fingerprint density at radius 1 is 0.893 bits per heavy atom. The zero-order chi connectivity index (χ0) is 19.6. The van der Waals surface area contributed by atoms with Gasteiger partial charge in [-0.25, -0.2) is 0 Å². The third-order valence-electron chi connectivity index (χ3n) is 3.86. The van der Waals surface area contributed by atoms with Crippen LogP contribution in [0.5, 0.6) is 23.0 Å². The second kappa shape index (κ2) is 12.2. The summed E-state index contributed by atoms with van der Waals surface area (Å²) in [4.78, 5) is 4.26. The standard InChI is InChI=1S/C20H27N3O4.HI/c1-6-27-17-10-8-15(12-19(17)26-5)23-20(21-2)22-13-14-7-9-16(24-3)18(11-14)25-4;/h7-12H,6,13H2,1-5H3,(H2,21,22,23);1H. The van der Waals surface area contributed by atoms with Gasteiger partial charge in [-0.1, -0.05) is 6.07 Å². The summed E-state index contributed by atoms with van der Waals surface area (Å²) in [6.45, 7) is 3.09. The number of halogens is 1. The second-order valence-corrected chi connectivity index (χ2v) is 5.54. The lowest BCUT2D eigenvalue weighted by Gasteiger charge is -2.15. The molecule has 2 aromatic carbocycles. The van der Waals surface area contributed by atoms with E-state index in [1.165, 1.54) is 0 Å². The molecule has 28 heavy (non-hydrogen) atoms. The van der Waals surface area contributed by atoms with E-state index < -0.39 is 0 Å². The van der Waals surface area contributed by atoms with E-state index in [1.54, 1.807) is 28.4 Å².